The second-order valence-corrected chi connectivity index (χ2v) is 27.1. The van der Waals surface area contributed by atoms with Crippen molar-refractivity contribution in [1.82, 2.24) is 9.38 Å². The fourth-order valence-electron chi connectivity index (χ4n) is 7.57. The van der Waals surface area contributed by atoms with Crippen LogP contribution in [0.25, 0.3) is 16.7 Å². The molecule has 25 nitrogen and oxygen atoms in total. The van der Waals surface area contributed by atoms with Gasteiger partial charge in [0.1, 0.15) is 28.8 Å². The maximum absolute atomic E-state index is 11.9. The Bertz CT molecular complexity index is 4310. The van der Waals surface area contributed by atoms with Crippen molar-refractivity contribution in [3.05, 3.63) is 111 Å². The van der Waals surface area contributed by atoms with Gasteiger partial charge in [-0.05, 0) is 142 Å². The lowest BCUT2D eigenvalue weighted by atomic mass is 10.1. The van der Waals surface area contributed by atoms with Crippen LogP contribution in [0, 0.1) is 39.0 Å². The van der Waals surface area contributed by atoms with E-state index < -0.39 is 68.5 Å². The number of azo groups is 4. The van der Waals surface area contributed by atoms with E-state index in [0.717, 1.165) is 16.5 Å². The predicted molar refractivity (Wildman–Crippen MR) is 310 cm³/mol. The highest BCUT2D eigenvalue weighted by Crippen LogP contribution is 2.44. The largest absolute Gasteiger partial charge is 0.493 e. The maximum atomic E-state index is 11.9. The minimum atomic E-state index is -4.63. The molecule has 2 aromatic heterocycles. The summed E-state index contributed by atoms with van der Waals surface area (Å²) in [6.45, 7) is 6.38. The lowest BCUT2D eigenvalue weighted by molar-refractivity contribution is 0.317. The number of ether oxygens (including phenoxy) is 1. The molecule has 82 heavy (non-hydrogen) atoms. The average molecular weight is 1280 g/mol. The third-order valence-corrected chi connectivity index (χ3v) is 17.7. The zero-order chi connectivity index (χ0) is 59.9. The molecule has 7 aromatic rings. The summed E-state index contributed by atoms with van der Waals surface area (Å²) in [6.07, 6.45) is -0.0127. The molecule has 0 radical (unpaired) electrons. The fraction of sp³-hybridized carbons (Fsp3) is 0.265. The number of nitriles is 1. The van der Waals surface area contributed by atoms with E-state index >= 15 is 0 Å². The van der Waals surface area contributed by atoms with Gasteiger partial charge in [-0.15, -0.1) is 49.1 Å². The van der Waals surface area contributed by atoms with Crippen molar-refractivity contribution in [2.45, 2.75) is 61.6 Å². The van der Waals surface area contributed by atoms with Crippen molar-refractivity contribution in [3.63, 3.8) is 0 Å². The van der Waals surface area contributed by atoms with Crippen molar-refractivity contribution in [3.8, 4) is 17.7 Å². The molecular weight excluding hydrogens is 1230 g/mol. The second kappa shape index (κ2) is 26.4. The lowest BCUT2D eigenvalue weighted by Crippen LogP contribution is -2.08. The van der Waals surface area contributed by atoms with Gasteiger partial charge in [0.2, 0.25) is 5.88 Å². The van der Waals surface area contributed by atoms with Gasteiger partial charge in [-0.3, -0.25) is 22.6 Å². The van der Waals surface area contributed by atoms with Crippen molar-refractivity contribution in [1.29, 1.82) is 5.26 Å². The maximum Gasteiger partial charge on any atom is 0.294 e. The van der Waals surface area contributed by atoms with Gasteiger partial charge in [0.25, 0.3) is 40.5 Å². The number of fused-ring (bicyclic) bond motifs is 3. The molecule has 0 bridgehead atoms. The number of nitrogens with zero attached hydrogens (tertiary/aromatic N) is 11. The number of aryl methyl sites for hydroxylation is 3. The van der Waals surface area contributed by atoms with Crippen LogP contribution < -0.4 is 4.74 Å². The number of hydrogen-bond donors (Lipinski definition) is 5. The Morgan fingerprint density at radius 3 is 1.60 bits per heavy atom. The molecule has 7 rings (SSSR count). The molecule has 0 fully saturated rings. The molecule has 0 saturated heterocycles. The standard InChI is InChI=1S/C49H47Cl2N11O14S6/c1-27-18-40(58-61-47-30(4)33(26-52)48-53-39-22-32(82(73,74)75)9-11-43(39)62(48)49(47)63)44(76-12-5-15-79(64,65)66)23-36(27)55-59-41-20-29(3)38(25-46(41)78-14-7-17-81(70,71)72)57-60-42-19-28(2)37(24-45(42)77-13-6-16-80(67,68)69)56-54-35-10-8-31(50)21-34(35)51/h8-11,18-25,63H,5-7,12-17H2,1-4H3,(H,64,65,66)(H,67,68,69)(H,70,71,72)(H,73,74,75). The number of aromatic nitrogens is 2. The molecule has 432 valence electrons. The summed E-state index contributed by atoms with van der Waals surface area (Å²) in [6, 6.07) is 19.9. The third-order valence-electron chi connectivity index (χ3n) is 11.6. The SMILES string of the molecule is Cc1cc(N=Nc2cc(SCCCS(=O)(=O)O)c(N=Nc3cc(OCCCS(=O)(=O)O)c(N=Nc4c(C)c(C#N)c5nc6cc(S(=O)(=O)O)ccc6n5c4O)cc3C)cc2C)c(SCCCS(=O)(=O)O)cc1N=Nc1ccc(Cl)cc1Cl. The number of rotatable bonds is 24. The molecule has 0 aliphatic heterocycles. The highest BCUT2D eigenvalue weighted by molar-refractivity contribution is 7.99. The normalized spacial score (nSPS) is 12.8. The highest BCUT2D eigenvalue weighted by atomic mass is 35.5. The average Bonchev–Trinajstić information content (AvgIpc) is 4.04. The number of aromatic hydroxyl groups is 1. The molecule has 0 aliphatic rings. The summed E-state index contributed by atoms with van der Waals surface area (Å²) in [5.74, 6) is -1.74. The fourth-order valence-corrected chi connectivity index (χ4v) is 12.3. The van der Waals surface area contributed by atoms with E-state index in [1.807, 2.05) is 6.07 Å². The van der Waals surface area contributed by atoms with Crippen molar-refractivity contribution in [2.75, 3.05) is 35.4 Å². The van der Waals surface area contributed by atoms with Crippen molar-refractivity contribution >= 4 is 149 Å². The Balaban J connectivity index is 1.26. The van der Waals surface area contributed by atoms with Crippen LogP contribution in [0.1, 0.15) is 47.1 Å². The van der Waals surface area contributed by atoms with Crippen LogP contribution in [-0.4, -0.2) is 102 Å². The molecule has 0 atom stereocenters. The minimum Gasteiger partial charge on any atom is -0.493 e. The number of imidazole rings is 1. The molecule has 5 aromatic carbocycles. The van der Waals surface area contributed by atoms with Crippen LogP contribution in [0.15, 0.2) is 128 Å². The Hall–Kier alpha value is -6.54. The predicted octanol–water partition coefficient (Wildman–Crippen LogP) is 13.9. The van der Waals surface area contributed by atoms with E-state index in [0.29, 0.717) is 59.9 Å². The quantitative estimate of drug-likeness (QED) is 0.0162. The third kappa shape index (κ3) is 16.8. The molecule has 0 amide bonds. The topological polar surface area (TPSA) is 387 Å². The molecular formula is C49H47Cl2N11O14S6. The smallest absolute Gasteiger partial charge is 0.294 e. The summed E-state index contributed by atoms with van der Waals surface area (Å²) in [4.78, 5) is 4.87. The first kappa shape index (κ1) is 63.0. The van der Waals surface area contributed by atoms with Gasteiger partial charge in [-0.1, -0.05) is 23.2 Å². The molecule has 0 aliphatic carbocycles. The van der Waals surface area contributed by atoms with Gasteiger partial charge in [0.15, 0.2) is 11.3 Å². The van der Waals surface area contributed by atoms with E-state index in [1.54, 1.807) is 57.2 Å². The van der Waals surface area contributed by atoms with Gasteiger partial charge in [0.05, 0.1) is 73.3 Å². The Kier molecular flexibility index (Phi) is 20.3. The highest BCUT2D eigenvalue weighted by Gasteiger charge is 2.23. The van der Waals surface area contributed by atoms with Crippen LogP contribution in [0.3, 0.4) is 0 Å². The van der Waals surface area contributed by atoms with Gasteiger partial charge >= 0.3 is 0 Å². The first-order valence-corrected chi connectivity index (χ1v) is 32.8. The van der Waals surface area contributed by atoms with Gasteiger partial charge in [0, 0.05) is 26.4 Å². The zero-order valence-electron chi connectivity index (χ0n) is 43.3. The van der Waals surface area contributed by atoms with E-state index in [-0.39, 0.29) is 93.0 Å². The Morgan fingerprint density at radius 1 is 0.598 bits per heavy atom. The van der Waals surface area contributed by atoms with E-state index in [4.69, 9.17) is 27.9 Å². The summed E-state index contributed by atoms with van der Waals surface area (Å²) < 4.78 is 138. The first-order valence-electron chi connectivity index (χ1n) is 23.8. The molecule has 0 spiro atoms. The minimum absolute atomic E-state index is 0.0109. The zero-order valence-corrected chi connectivity index (χ0v) is 49.7. The van der Waals surface area contributed by atoms with E-state index in [2.05, 4.69) is 45.9 Å². The van der Waals surface area contributed by atoms with Crippen LogP contribution in [0.4, 0.5) is 45.5 Å². The molecule has 0 saturated carbocycles. The molecule has 5 N–H and O–H groups in total. The monoisotopic (exact) mass is 1280 g/mol. The summed E-state index contributed by atoms with van der Waals surface area (Å²) in [5, 5.41) is 58.0. The lowest BCUT2D eigenvalue weighted by Gasteiger charge is -2.12. The van der Waals surface area contributed by atoms with Crippen molar-refractivity contribution < 1.29 is 61.7 Å². The van der Waals surface area contributed by atoms with Crippen LogP contribution in [-0.2, 0) is 40.5 Å². The number of thioether (sulfide) groups is 2. The number of halogens is 2. The summed E-state index contributed by atoms with van der Waals surface area (Å²) in [5.41, 5.74) is 3.75. The molecule has 33 heteroatoms. The van der Waals surface area contributed by atoms with Crippen LogP contribution in [0.5, 0.6) is 11.6 Å². The number of hydrogen-bond acceptors (Lipinski definition) is 22. The number of benzene rings is 5. The Morgan fingerprint density at radius 2 is 1.09 bits per heavy atom. The second-order valence-electron chi connectivity index (χ2n) is 17.9. The number of pyridine rings is 1. The van der Waals surface area contributed by atoms with Crippen LogP contribution in [0.2, 0.25) is 10.0 Å². The van der Waals surface area contributed by atoms with Gasteiger partial charge in [-0.25, -0.2) is 4.98 Å². The Labute approximate surface area is 488 Å². The van der Waals surface area contributed by atoms with Gasteiger partial charge in [-0.2, -0.15) is 54.3 Å². The molecule has 0 unspecified atom stereocenters. The summed E-state index contributed by atoms with van der Waals surface area (Å²) in [7, 11) is -17.5. The first-order chi connectivity index (χ1) is 38.5. The van der Waals surface area contributed by atoms with Crippen molar-refractivity contribution in [2.24, 2.45) is 40.9 Å². The van der Waals surface area contributed by atoms with Crippen LogP contribution >= 0.6 is 46.7 Å². The summed E-state index contributed by atoms with van der Waals surface area (Å²) >= 11 is 14.8. The molecule has 2 heterocycles. The van der Waals surface area contributed by atoms with Gasteiger partial charge < -0.3 is 9.84 Å². The van der Waals surface area contributed by atoms with E-state index in [9.17, 15) is 62.3 Å². The van der Waals surface area contributed by atoms with E-state index in [1.165, 1.54) is 54.7 Å².